The van der Waals surface area contributed by atoms with E-state index in [1.807, 2.05) is 48.5 Å². The first-order valence-electron chi connectivity index (χ1n) is 13.8. The number of benzene rings is 3. The van der Waals surface area contributed by atoms with Gasteiger partial charge in [0.15, 0.2) is 16.7 Å². The van der Waals surface area contributed by atoms with Gasteiger partial charge in [-0.25, -0.2) is 9.40 Å². The lowest BCUT2D eigenvalue weighted by molar-refractivity contribution is -0.130. The van der Waals surface area contributed by atoms with Crippen LogP contribution in [0.4, 0.5) is 4.39 Å². The van der Waals surface area contributed by atoms with Crippen molar-refractivity contribution >= 4 is 45.2 Å². The lowest BCUT2D eigenvalue weighted by Gasteiger charge is -2.22. The first-order chi connectivity index (χ1) is 21.9. The van der Waals surface area contributed by atoms with E-state index in [4.69, 9.17) is 14.3 Å². The molecule has 1 aliphatic heterocycles. The van der Waals surface area contributed by atoms with Crippen molar-refractivity contribution in [2.24, 2.45) is 5.10 Å². The quantitative estimate of drug-likeness (QED) is 0.175. The van der Waals surface area contributed by atoms with Crippen LogP contribution in [0.3, 0.4) is 0 Å². The van der Waals surface area contributed by atoms with Gasteiger partial charge in [-0.2, -0.15) is 5.10 Å². The Balaban J connectivity index is 1.24. The largest absolute Gasteiger partial charge is 0.497 e. The molecule has 13 heteroatoms. The standard InChI is InChI=1S/C32H26BrFN6O4S/c1-43-25-14-6-20(7-15-25)26-17-27(21-4-10-23(34)11-5-21)40(38-26)30(41)19-45-32-37-36-29(18-35-31(42)28-3-2-16-44-28)39(32)24-12-8-22(33)9-13-24/h2-16,27H,17-19H2,1H3,(H,35,42)/t27-/m1/s1. The molecule has 2 amide bonds. The number of nitrogens with zero attached hydrogens (tertiary/aromatic N) is 5. The van der Waals surface area contributed by atoms with Crippen LogP contribution in [0.15, 0.2) is 110 Å². The SMILES string of the molecule is COc1ccc(C2=NN(C(=O)CSc3nnc(CNC(=O)c4ccco4)n3-c3ccc(Br)cc3)[C@@H](c3ccc(F)cc3)C2)cc1. The van der Waals surface area contributed by atoms with Crippen LogP contribution < -0.4 is 10.1 Å². The second-order valence-electron chi connectivity index (χ2n) is 9.94. The maximum Gasteiger partial charge on any atom is 0.287 e. The zero-order valence-corrected chi connectivity index (χ0v) is 26.3. The second-order valence-corrected chi connectivity index (χ2v) is 11.8. The summed E-state index contributed by atoms with van der Waals surface area (Å²) in [6, 6.07) is 23.9. The van der Waals surface area contributed by atoms with E-state index in [0.717, 1.165) is 27.0 Å². The van der Waals surface area contributed by atoms with E-state index in [0.29, 0.717) is 23.2 Å². The molecule has 3 aromatic carbocycles. The molecular weight excluding hydrogens is 663 g/mol. The first-order valence-corrected chi connectivity index (χ1v) is 15.6. The summed E-state index contributed by atoms with van der Waals surface area (Å²) in [4.78, 5) is 26.3. The Morgan fingerprint density at radius 3 is 2.49 bits per heavy atom. The first kappa shape index (κ1) is 30.3. The molecular formula is C32H26BrFN6O4S. The number of hydrazone groups is 1. The van der Waals surface area contributed by atoms with Crippen LogP contribution >= 0.6 is 27.7 Å². The van der Waals surface area contributed by atoms with Gasteiger partial charge in [0, 0.05) is 16.6 Å². The maximum absolute atomic E-state index is 13.8. The summed E-state index contributed by atoms with van der Waals surface area (Å²) in [5.74, 6) is 0.372. The number of carbonyl (C=O) groups excluding carboxylic acids is 2. The Morgan fingerprint density at radius 1 is 1.04 bits per heavy atom. The summed E-state index contributed by atoms with van der Waals surface area (Å²) in [7, 11) is 1.60. The molecule has 45 heavy (non-hydrogen) atoms. The number of rotatable bonds is 10. The normalized spacial score (nSPS) is 14.3. The van der Waals surface area contributed by atoms with E-state index in [1.54, 1.807) is 35.9 Å². The Morgan fingerprint density at radius 2 is 1.80 bits per heavy atom. The van der Waals surface area contributed by atoms with Crippen molar-refractivity contribution in [2.45, 2.75) is 24.2 Å². The van der Waals surface area contributed by atoms with Gasteiger partial charge in [0.1, 0.15) is 11.6 Å². The molecule has 6 rings (SSSR count). The predicted octanol–water partition coefficient (Wildman–Crippen LogP) is 6.17. The number of amides is 2. The highest BCUT2D eigenvalue weighted by Crippen LogP contribution is 2.34. The van der Waals surface area contributed by atoms with Crippen LogP contribution in [0.25, 0.3) is 5.69 Å². The minimum Gasteiger partial charge on any atom is -0.497 e. The number of halogens is 2. The van der Waals surface area contributed by atoms with Crippen LogP contribution in [-0.2, 0) is 11.3 Å². The summed E-state index contributed by atoms with van der Waals surface area (Å²) in [5.41, 5.74) is 3.13. The summed E-state index contributed by atoms with van der Waals surface area (Å²) >= 11 is 4.66. The fraction of sp³-hybridized carbons (Fsp3) is 0.156. The minimum absolute atomic E-state index is 0.00447. The van der Waals surface area contributed by atoms with E-state index >= 15 is 0 Å². The number of aromatic nitrogens is 3. The molecule has 5 aromatic rings. The lowest BCUT2D eigenvalue weighted by Crippen LogP contribution is -2.28. The lowest BCUT2D eigenvalue weighted by atomic mass is 9.98. The van der Waals surface area contributed by atoms with Crippen molar-refractivity contribution in [1.29, 1.82) is 0 Å². The molecule has 228 valence electrons. The Labute approximate surface area is 270 Å². The zero-order valence-electron chi connectivity index (χ0n) is 23.9. The van der Waals surface area contributed by atoms with Crippen molar-refractivity contribution < 1.29 is 23.1 Å². The number of furan rings is 1. The van der Waals surface area contributed by atoms with Gasteiger partial charge in [-0.05, 0) is 83.9 Å². The zero-order chi connectivity index (χ0) is 31.3. The monoisotopic (exact) mass is 688 g/mol. The fourth-order valence-electron chi connectivity index (χ4n) is 4.85. The van der Waals surface area contributed by atoms with Crippen molar-refractivity contribution in [3.63, 3.8) is 0 Å². The van der Waals surface area contributed by atoms with E-state index in [1.165, 1.54) is 35.2 Å². The smallest absolute Gasteiger partial charge is 0.287 e. The molecule has 10 nitrogen and oxygen atoms in total. The molecule has 0 spiro atoms. The van der Waals surface area contributed by atoms with Gasteiger partial charge in [0.2, 0.25) is 0 Å². The molecule has 2 aromatic heterocycles. The van der Waals surface area contributed by atoms with Gasteiger partial charge >= 0.3 is 0 Å². The average molecular weight is 690 g/mol. The van der Waals surface area contributed by atoms with Gasteiger partial charge in [0.25, 0.3) is 11.8 Å². The van der Waals surface area contributed by atoms with Gasteiger partial charge < -0.3 is 14.5 Å². The molecule has 0 radical (unpaired) electrons. The van der Waals surface area contributed by atoms with Crippen molar-refractivity contribution in [1.82, 2.24) is 25.1 Å². The van der Waals surface area contributed by atoms with Gasteiger partial charge in [0.05, 0.1) is 37.4 Å². The molecule has 0 unspecified atom stereocenters. The number of hydrogen-bond donors (Lipinski definition) is 1. The summed E-state index contributed by atoms with van der Waals surface area (Å²) in [5, 5.41) is 18.1. The number of nitrogens with one attached hydrogen (secondary N) is 1. The number of thioether (sulfide) groups is 1. The summed E-state index contributed by atoms with van der Waals surface area (Å²) in [6.07, 6.45) is 1.89. The summed E-state index contributed by atoms with van der Waals surface area (Å²) < 4.78 is 26.9. The highest BCUT2D eigenvalue weighted by Gasteiger charge is 2.33. The molecule has 0 aliphatic carbocycles. The molecule has 0 saturated carbocycles. The predicted molar refractivity (Wildman–Crippen MR) is 170 cm³/mol. The minimum atomic E-state index is -0.410. The van der Waals surface area contributed by atoms with E-state index in [2.05, 4.69) is 31.4 Å². The van der Waals surface area contributed by atoms with Crippen LogP contribution in [0.5, 0.6) is 5.75 Å². The average Bonchev–Trinajstić information content (AvgIpc) is 3.84. The highest BCUT2D eigenvalue weighted by molar-refractivity contribution is 9.10. The van der Waals surface area contributed by atoms with Crippen LogP contribution in [0.1, 0.15) is 40.0 Å². The van der Waals surface area contributed by atoms with E-state index in [-0.39, 0.29) is 35.7 Å². The molecule has 3 heterocycles. The van der Waals surface area contributed by atoms with Crippen molar-refractivity contribution in [3.05, 3.63) is 124 Å². The molecule has 0 bridgehead atoms. The van der Waals surface area contributed by atoms with E-state index < -0.39 is 6.04 Å². The second kappa shape index (κ2) is 13.5. The number of methoxy groups -OCH3 is 1. The molecule has 1 N–H and O–H groups in total. The van der Waals surface area contributed by atoms with Crippen LogP contribution in [-0.4, -0.2) is 50.2 Å². The van der Waals surface area contributed by atoms with Gasteiger partial charge in [-0.1, -0.05) is 39.8 Å². The third kappa shape index (κ3) is 6.84. The molecule has 1 aliphatic rings. The topological polar surface area (TPSA) is 115 Å². The maximum atomic E-state index is 13.8. The number of ether oxygens (including phenoxy) is 1. The summed E-state index contributed by atoms with van der Waals surface area (Å²) in [6.45, 7) is 0.0748. The number of carbonyl (C=O) groups is 2. The van der Waals surface area contributed by atoms with E-state index in [9.17, 15) is 14.0 Å². The van der Waals surface area contributed by atoms with Gasteiger partial charge in [-0.15, -0.1) is 10.2 Å². The third-order valence-electron chi connectivity index (χ3n) is 7.11. The van der Waals surface area contributed by atoms with Crippen molar-refractivity contribution in [3.8, 4) is 11.4 Å². The van der Waals surface area contributed by atoms with Crippen LogP contribution in [0.2, 0.25) is 0 Å². The van der Waals surface area contributed by atoms with Gasteiger partial charge in [-0.3, -0.25) is 14.2 Å². The molecule has 1 atom stereocenters. The Hall–Kier alpha value is -4.75. The highest BCUT2D eigenvalue weighted by atomic mass is 79.9. The Kier molecular flexibility index (Phi) is 9.08. The fourth-order valence-corrected chi connectivity index (χ4v) is 5.93. The van der Waals surface area contributed by atoms with Crippen LogP contribution in [0, 0.1) is 5.82 Å². The number of hydrogen-bond acceptors (Lipinski definition) is 8. The molecule has 0 fully saturated rings. The molecule has 0 saturated heterocycles. The Bertz CT molecular complexity index is 1830. The third-order valence-corrected chi connectivity index (χ3v) is 8.55. The van der Waals surface area contributed by atoms with Crippen molar-refractivity contribution in [2.75, 3.05) is 12.9 Å².